The molecule has 1 aliphatic rings. The summed E-state index contributed by atoms with van der Waals surface area (Å²) in [6, 6.07) is 15.2. The predicted molar refractivity (Wildman–Crippen MR) is 91.4 cm³/mol. The van der Waals surface area contributed by atoms with Crippen LogP contribution in [0, 0.1) is 6.92 Å². The molecule has 2 aromatic rings. The Bertz CT molecular complexity index is 803. The lowest BCUT2D eigenvalue weighted by atomic mass is 10.0. The molecule has 26 heavy (non-hydrogen) atoms. The van der Waals surface area contributed by atoms with E-state index < -0.39 is 18.4 Å². The summed E-state index contributed by atoms with van der Waals surface area (Å²) in [4.78, 5) is 4.26. The average Bonchev–Trinajstić information content (AvgIpc) is 3.01. The molecule has 3 rings (SSSR count). The first-order chi connectivity index (χ1) is 12.3. The molecule has 0 saturated heterocycles. The number of alkyl halides is 3. The van der Waals surface area contributed by atoms with Crippen LogP contribution < -0.4 is 5.32 Å². The van der Waals surface area contributed by atoms with Crippen molar-refractivity contribution in [2.24, 2.45) is 5.16 Å². The zero-order chi connectivity index (χ0) is 18.8. The summed E-state index contributed by atoms with van der Waals surface area (Å²) in [6.07, 6.45) is -5.62. The van der Waals surface area contributed by atoms with Gasteiger partial charge in [0, 0.05) is 13.1 Å². The van der Waals surface area contributed by atoms with E-state index in [2.05, 4.69) is 15.3 Å². The van der Waals surface area contributed by atoms with Gasteiger partial charge >= 0.3 is 12.0 Å². The van der Waals surface area contributed by atoms with E-state index in [1.807, 2.05) is 37.3 Å². The summed E-state index contributed by atoms with van der Waals surface area (Å²) >= 11 is 0. The van der Waals surface area contributed by atoms with Crippen LogP contribution in [0.1, 0.15) is 28.7 Å². The lowest BCUT2D eigenvalue weighted by Crippen LogP contribution is -2.45. The van der Waals surface area contributed by atoms with E-state index in [9.17, 15) is 18.3 Å². The fourth-order valence-corrected chi connectivity index (χ4v) is 2.65. The smallest absolute Gasteiger partial charge is 0.350 e. The second kappa shape index (κ2) is 7.09. The Labute approximate surface area is 149 Å². The van der Waals surface area contributed by atoms with Crippen molar-refractivity contribution >= 4 is 5.71 Å². The summed E-state index contributed by atoms with van der Waals surface area (Å²) in [6.45, 7) is 3.26. The van der Waals surface area contributed by atoms with Crippen molar-refractivity contribution in [2.75, 3.05) is 0 Å². The second-order valence-corrected chi connectivity index (χ2v) is 6.38. The minimum absolute atomic E-state index is 0.0743. The number of rotatable bonds is 5. The number of oxime groups is 1. The van der Waals surface area contributed by atoms with Crippen LogP contribution in [0.2, 0.25) is 0 Å². The summed E-state index contributed by atoms with van der Waals surface area (Å²) in [5.41, 5.74) is 3.82. The minimum Gasteiger partial charge on any atom is -0.350 e. The van der Waals surface area contributed by atoms with Crippen LogP contribution in [0.15, 0.2) is 53.7 Å². The van der Waals surface area contributed by atoms with Gasteiger partial charge in [0.15, 0.2) is 0 Å². The fourth-order valence-electron chi connectivity index (χ4n) is 2.65. The third-order valence-electron chi connectivity index (χ3n) is 4.20. The van der Waals surface area contributed by atoms with Crippen molar-refractivity contribution in [1.82, 2.24) is 5.32 Å². The second-order valence-electron chi connectivity index (χ2n) is 6.38. The van der Waals surface area contributed by atoms with E-state index in [1.54, 1.807) is 18.2 Å². The van der Waals surface area contributed by atoms with E-state index in [0.29, 0.717) is 18.7 Å². The molecule has 1 aliphatic heterocycles. The van der Waals surface area contributed by atoms with Crippen molar-refractivity contribution in [3.63, 3.8) is 0 Å². The van der Waals surface area contributed by atoms with Gasteiger partial charge in [0.2, 0.25) is 0 Å². The third kappa shape index (κ3) is 4.05. The van der Waals surface area contributed by atoms with Gasteiger partial charge in [-0.25, -0.2) is 0 Å². The van der Waals surface area contributed by atoms with Gasteiger partial charge in [0.25, 0.3) is 0 Å². The Morgan fingerprint density at radius 1 is 1.12 bits per heavy atom. The molecule has 0 bridgehead atoms. The molecule has 0 saturated carbocycles. The number of halogens is 3. The summed E-state index contributed by atoms with van der Waals surface area (Å²) < 4.78 is 38.4. The first-order valence-corrected chi connectivity index (χ1v) is 8.16. The van der Waals surface area contributed by atoms with E-state index in [-0.39, 0.29) is 5.71 Å². The van der Waals surface area contributed by atoms with Crippen molar-refractivity contribution in [3.8, 4) is 0 Å². The first-order valence-electron chi connectivity index (χ1n) is 8.16. The van der Waals surface area contributed by atoms with Crippen LogP contribution in [0.4, 0.5) is 13.2 Å². The molecule has 0 aromatic heterocycles. The van der Waals surface area contributed by atoms with Gasteiger partial charge < -0.3 is 15.3 Å². The van der Waals surface area contributed by atoms with Crippen LogP contribution in [-0.2, 0) is 17.9 Å². The van der Waals surface area contributed by atoms with Crippen LogP contribution in [0.5, 0.6) is 0 Å². The Morgan fingerprint density at radius 2 is 1.81 bits per heavy atom. The lowest BCUT2D eigenvalue weighted by molar-refractivity contribution is -0.355. The van der Waals surface area contributed by atoms with Crippen molar-refractivity contribution in [3.05, 3.63) is 70.8 Å². The molecule has 2 N–H and O–H groups in total. The molecule has 0 radical (unpaired) electrons. The SMILES string of the molecule is Cc1ccc(CNCc2cccc(C3=NOC(O)(C(F)(F)F)C3)c2)cc1. The molecular weight excluding hydrogens is 345 g/mol. The lowest BCUT2D eigenvalue weighted by Gasteiger charge is -2.22. The van der Waals surface area contributed by atoms with E-state index in [4.69, 9.17) is 0 Å². The number of nitrogens with zero attached hydrogens (tertiary/aromatic N) is 1. The van der Waals surface area contributed by atoms with Gasteiger partial charge in [-0.15, -0.1) is 0 Å². The molecule has 138 valence electrons. The maximum Gasteiger partial charge on any atom is 0.458 e. The Morgan fingerprint density at radius 3 is 2.46 bits per heavy atom. The van der Waals surface area contributed by atoms with Crippen LogP contribution in [-0.4, -0.2) is 22.8 Å². The normalized spacial score (nSPS) is 20.0. The van der Waals surface area contributed by atoms with E-state index >= 15 is 0 Å². The predicted octanol–water partition coefficient (Wildman–Crippen LogP) is 3.66. The quantitative estimate of drug-likeness (QED) is 0.851. The molecule has 0 fully saturated rings. The molecule has 1 atom stereocenters. The fraction of sp³-hybridized carbons (Fsp3) is 0.316. The van der Waals surface area contributed by atoms with Crippen molar-refractivity contribution in [1.29, 1.82) is 0 Å². The first kappa shape index (κ1) is 18.4. The molecule has 2 aromatic carbocycles. The molecule has 1 heterocycles. The van der Waals surface area contributed by atoms with Crippen molar-refractivity contribution in [2.45, 2.75) is 38.4 Å². The van der Waals surface area contributed by atoms with Crippen LogP contribution >= 0.6 is 0 Å². The number of hydrogen-bond donors (Lipinski definition) is 2. The maximum absolute atomic E-state index is 12.8. The standard InChI is InChI=1S/C19H19F3N2O2/c1-13-5-7-14(8-6-13)11-23-12-15-3-2-4-16(9-15)17-10-18(25,26-24-17)19(20,21)22/h2-9,23,25H,10-12H2,1H3. The third-order valence-corrected chi connectivity index (χ3v) is 4.20. The minimum atomic E-state index is -4.90. The highest BCUT2D eigenvalue weighted by Crippen LogP contribution is 2.38. The number of hydrogen-bond acceptors (Lipinski definition) is 4. The molecule has 7 heteroatoms. The van der Waals surface area contributed by atoms with E-state index in [1.165, 1.54) is 5.56 Å². The largest absolute Gasteiger partial charge is 0.458 e. The van der Waals surface area contributed by atoms with Gasteiger partial charge in [0.1, 0.15) is 0 Å². The van der Waals surface area contributed by atoms with Crippen molar-refractivity contribution < 1.29 is 23.1 Å². The Kier molecular flexibility index (Phi) is 5.02. The van der Waals surface area contributed by atoms with Gasteiger partial charge in [0.05, 0.1) is 12.1 Å². The zero-order valence-corrected chi connectivity index (χ0v) is 14.2. The summed E-state index contributed by atoms with van der Waals surface area (Å²) in [5.74, 6) is -3.25. The molecule has 0 aliphatic carbocycles. The number of benzene rings is 2. The van der Waals surface area contributed by atoms with Crippen LogP contribution in [0.3, 0.4) is 0 Å². The van der Waals surface area contributed by atoms with Gasteiger partial charge in [-0.3, -0.25) is 0 Å². The maximum atomic E-state index is 12.8. The number of aliphatic hydroxyl groups is 1. The molecule has 4 nitrogen and oxygen atoms in total. The number of nitrogens with one attached hydrogen (secondary N) is 1. The molecular formula is C19H19F3N2O2. The summed E-state index contributed by atoms with van der Waals surface area (Å²) in [7, 11) is 0. The summed E-state index contributed by atoms with van der Waals surface area (Å²) in [5, 5.41) is 16.3. The highest BCUT2D eigenvalue weighted by atomic mass is 19.4. The van der Waals surface area contributed by atoms with Gasteiger partial charge in [-0.2, -0.15) is 13.2 Å². The molecule has 1 unspecified atom stereocenters. The van der Waals surface area contributed by atoms with E-state index in [0.717, 1.165) is 11.1 Å². The van der Waals surface area contributed by atoms with Gasteiger partial charge in [-0.1, -0.05) is 53.2 Å². The average molecular weight is 364 g/mol. The number of aryl methyl sites for hydroxylation is 1. The van der Waals surface area contributed by atoms with Gasteiger partial charge in [-0.05, 0) is 29.7 Å². The monoisotopic (exact) mass is 364 g/mol. The zero-order valence-electron chi connectivity index (χ0n) is 14.2. The Balaban J connectivity index is 1.61. The molecule has 0 spiro atoms. The topological polar surface area (TPSA) is 53.9 Å². The highest BCUT2D eigenvalue weighted by Gasteiger charge is 2.60. The highest BCUT2D eigenvalue weighted by molar-refractivity contribution is 6.01. The molecule has 0 amide bonds. The Hall–Kier alpha value is -2.38. The van der Waals surface area contributed by atoms with Crippen LogP contribution in [0.25, 0.3) is 0 Å².